The van der Waals surface area contributed by atoms with Gasteiger partial charge in [0.15, 0.2) is 0 Å². The molecule has 1 amide bonds. The summed E-state index contributed by atoms with van der Waals surface area (Å²) in [5, 5.41) is 2.80. The minimum absolute atomic E-state index is 0.122. The lowest BCUT2D eigenvalue weighted by Gasteiger charge is -2.13. The number of sulfonamides is 1. The molecule has 0 aliphatic heterocycles. The molecule has 2 aromatic carbocycles. The predicted octanol–water partition coefficient (Wildman–Crippen LogP) is 4.06. The number of hydrogen-bond donors (Lipinski definition) is 2. The van der Waals surface area contributed by atoms with Crippen molar-refractivity contribution in [2.45, 2.75) is 25.2 Å². The van der Waals surface area contributed by atoms with Crippen molar-refractivity contribution in [2.24, 2.45) is 0 Å². The fourth-order valence-corrected chi connectivity index (χ4v) is 4.48. The smallest absolute Gasteiger partial charge is 0.262 e. The number of benzene rings is 2. The molecule has 8 nitrogen and oxygen atoms in total. The van der Waals surface area contributed by atoms with Crippen LogP contribution in [0.1, 0.15) is 27.9 Å². The lowest BCUT2D eigenvalue weighted by molar-refractivity contribution is 0.0945. The highest BCUT2D eigenvalue weighted by molar-refractivity contribution is 7.92. The summed E-state index contributed by atoms with van der Waals surface area (Å²) >= 11 is 0. The first-order valence-corrected chi connectivity index (χ1v) is 11.9. The number of nitrogens with one attached hydrogen (secondary N) is 2. The molecule has 0 radical (unpaired) electrons. The van der Waals surface area contributed by atoms with Crippen LogP contribution in [0.25, 0.3) is 0 Å². The van der Waals surface area contributed by atoms with E-state index in [1.807, 2.05) is 13.0 Å². The van der Waals surface area contributed by atoms with Crippen LogP contribution < -0.4 is 14.8 Å². The summed E-state index contributed by atoms with van der Waals surface area (Å²) in [6.45, 7) is 4.58. The Kier molecular flexibility index (Phi) is 8.02. The molecule has 174 valence electrons. The molecule has 1 aromatic heterocycles. The summed E-state index contributed by atoms with van der Waals surface area (Å²) in [5.74, 6) is 0.139. The number of carbonyl (C=O) groups excluding carboxylic acids is 1. The van der Waals surface area contributed by atoms with Crippen molar-refractivity contribution < 1.29 is 22.7 Å². The van der Waals surface area contributed by atoms with E-state index < -0.39 is 10.0 Å². The van der Waals surface area contributed by atoms with Crippen LogP contribution in [0.15, 0.2) is 65.7 Å². The fourth-order valence-electron chi connectivity index (χ4n) is 3.10. The van der Waals surface area contributed by atoms with Gasteiger partial charge in [0.25, 0.3) is 15.9 Å². The second-order valence-corrected chi connectivity index (χ2v) is 9.11. The van der Waals surface area contributed by atoms with Crippen LogP contribution in [-0.2, 0) is 14.8 Å². The van der Waals surface area contributed by atoms with Crippen LogP contribution in [0.5, 0.6) is 11.6 Å². The van der Waals surface area contributed by atoms with Gasteiger partial charge in [-0.15, -0.1) is 0 Å². The minimum Gasteiger partial charge on any atom is -0.438 e. The molecule has 0 atom stereocenters. The zero-order valence-electron chi connectivity index (χ0n) is 18.8. The summed E-state index contributed by atoms with van der Waals surface area (Å²) in [7, 11) is -2.19. The van der Waals surface area contributed by atoms with Crippen LogP contribution >= 0.6 is 0 Å². The van der Waals surface area contributed by atoms with Crippen LogP contribution in [0, 0.1) is 13.8 Å². The van der Waals surface area contributed by atoms with Gasteiger partial charge in [-0.25, -0.2) is 13.4 Å². The van der Waals surface area contributed by atoms with E-state index >= 15 is 0 Å². The first-order valence-electron chi connectivity index (χ1n) is 10.4. The highest BCUT2D eigenvalue weighted by atomic mass is 32.2. The van der Waals surface area contributed by atoms with Gasteiger partial charge in [-0.2, -0.15) is 0 Å². The van der Waals surface area contributed by atoms with E-state index in [2.05, 4.69) is 15.0 Å². The monoisotopic (exact) mass is 469 g/mol. The number of anilines is 1. The van der Waals surface area contributed by atoms with Gasteiger partial charge < -0.3 is 14.8 Å². The van der Waals surface area contributed by atoms with Crippen LogP contribution in [-0.4, -0.2) is 39.6 Å². The number of ether oxygens (including phenoxy) is 2. The number of carbonyl (C=O) groups is 1. The van der Waals surface area contributed by atoms with Crippen molar-refractivity contribution in [3.05, 3.63) is 77.5 Å². The minimum atomic E-state index is -3.79. The average molecular weight is 470 g/mol. The first kappa shape index (κ1) is 24.2. The van der Waals surface area contributed by atoms with Crippen molar-refractivity contribution in [1.29, 1.82) is 0 Å². The molecule has 1 heterocycles. The molecule has 0 spiro atoms. The van der Waals surface area contributed by atoms with Crippen molar-refractivity contribution >= 4 is 21.6 Å². The largest absolute Gasteiger partial charge is 0.438 e. The van der Waals surface area contributed by atoms with E-state index in [9.17, 15) is 13.2 Å². The molecule has 0 aliphatic carbocycles. The molecule has 33 heavy (non-hydrogen) atoms. The van der Waals surface area contributed by atoms with Gasteiger partial charge >= 0.3 is 0 Å². The molecule has 0 bridgehead atoms. The zero-order valence-corrected chi connectivity index (χ0v) is 19.6. The first-order chi connectivity index (χ1) is 15.8. The van der Waals surface area contributed by atoms with E-state index in [4.69, 9.17) is 9.47 Å². The Morgan fingerprint density at radius 2 is 1.88 bits per heavy atom. The Morgan fingerprint density at radius 3 is 2.67 bits per heavy atom. The summed E-state index contributed by atoms with van der Waals surface area (Å²) in [6, 6.07) is 15.0. The summed E-state index contributed by atoms with van der Waals surface area (Å²) in [4.78, 5) is 16.9. The van der Waals surface area contributed by atoms with Gasteiger partial charge in [0.2, 0.25) is 5.88 Å². The number of hydrogen-bond acceptors (Lipinski definition) is 6. The maximum atomic E-state index is 12.9. The lowest BCUT2D eigenvalue weighted by atomic mass is 10.2. The van der Waals surface area contributed by atoms with E-state index in [0.29, 0.717) is 36.6 Å². The Morgan fingerprint density at radius 1 is 1.06 bits per heavy atom. The predicted molar refractivity (Wildman–Crippen MR) is 126 cm³/mol. The maximum Gasteiger partial charge on any atom is 0.262 e. The van der Waals surface area contributed by atoms with Crippen LogP contribution in [0.2, 0.25) is 0 Å². The number of amides is 1. The molecular weight excluding hydrogens is 442 g/mol. The molecule has 3 rings (SSSR count). The third-order valence-electron chi connectivity index (χ3n) is 4.76. The Bertz CT molecular complexity index is 1230. The van der Waals surface area contributed by atoms with Crippen molar-refractivity contribution in [1.82, 2.24) is 10.3 Å². The normalized spacial score (nSPS) is 11.1. The van der Waals surface area contributed by atoms with E-state index in [0.717, 1.165) is 5.56 Å². The van der Waals surface area contributed by atoms with Crippen molar-refractivity contribution in [3.63, 3.8) is 0 Å². The Hall–Kier alpha value is -3.43. The highest BCUT2D eigenvalue weighted by Crippen LogP contribution is 2.27. The number of aryl methyl sites for hydroxylation is 2. The third kappa shape index (κ3) is 6.53. The van der Waals surface area contributed by atoms with Gasteiger partial charge in [0.05, 0.1) is 10.6 Å². The zero-order chi connectivity index (χ0) is 23.8. The topological polar surface area (TPSA) is 107 Å². The molecule has 9 heteroatoms. The van der Waals surface area contributed by atoms with Crippen molar-refractivity contribution in [2.75, 3.05) is 25.0 Å². The third-order valence-corrected chi connectivity index (χ3v) is 6.28. The standard InChI is InChI=1S/C24H27N3O5S/c1-17-10-11-18(2)22(15-17)33(29,30)27-19-7-4-8-20(16-19)32-24-21(9-5-12-26-24)23(28)25-13-6-14-31-3/h4-5,7-12,15-16,27H,6,13-14H2,1-3H3,(H,25,28). The number of rotatable bonds is 10. The van der Waals surface area contributed by atoms with E-state index in [-0.39, 0.29) is 22.2 Å². The molecule has 0 unspecified atom stereocenters. The molecule has 2 N–H and O–H groups in total. The fraction of sp³-hybridized carbons (Fsp3) is 0.250. The van der Waals surface area contributed by atoms with Gasteiger partial charge in [-0.05, 0) is 61.7 Å². The molecule has 0 fully saturated rings. The second kappa shape index (κ2) is 10.9. The van der Waals surface area contributed by atoms with Gasteiger partial charge in [0, 0.05) is 32.5 Å². The lowest BCUT2D eigenvalue weighted by Crippen LogP contribution is -2.25. The van der Waals surface area contributed by atoms with E-state index in [1.54, 1.807) is 56.5 Å². The van der Waals surface area contributed by atoms with Crippen LogP contribution in [0.3, 0.4) is 0 Å². The Balaban J connectivity index is 1.77. The SMILES string of the molecule is COCCCNC(=O)c1cccnc1Oc1cccc(NS(=O)(=O)c2cc(C)ccc2C)c1. The van der Waals surface area contributed by atoms with Crippen LogP contribution in [0.4, 0.5) is 5.69 Å². The molecular formula is C24H27N3O5S. The number of nitrogens with zero attached hydrogens (tertiary/aromatic N) is 1. The Labute approximate surface area is 194 Å². The van der Waals surface area contributed by atoms with Crippen molar-refractivity contribution in [3.8, 4) is 11.6 Å². The molecule has 0 saturated heterocycles. The highest BCUT2D eigenvalue weighted by Gasteiger charge is 2.18. The maximum absolute atomic E-state index is 12.9. The van der Waals surface area contributed by atoms with Gasteiger partial charge in [0.1, 0.15) is 11.3 Å². The second-order valence-electron chi connectivity index (χ2n) is 7.46. The molecule has 0 aliphatic rings. The summed E-state index contributed by atoms with van der Waals surface area (Å²) in [6.07, 6.45) is 2.20. The number of methoxy groups -OCH3 is 1. The molecule has 3 aromatic rings. The molecule has 0 saturated carbocycles. The van der Waals surface area contributed by atoms with Gasteiger partial charge in [-0.1, -0.05) is 18.2 Å². The quantitative estimate of drug-likeness (QED) is 0.434. The number of aromatic nitrogens is 1. The van der Waals surface area contributed by atoms with E-state index in [1.165, 1.54) is 12.3 Å². The number of pyridine rings is 1. The summed E-state index contributed by atoms with van der Waals surface area (Å²) < 4.78 is 39.2. The van der Waals surface area contributed by atoms with Gasteiger partial charge in [-0.3, -0.25) is 9.52 Å². The summed E-state index contributed by atoms with van der Waals surface area (Å²) in [5.41, 5.74) is 2.10. The average Bonchev–Trinajstić information content (AvgIpc) is 2.78.